The molecule has 5 heteroatoms. The highest BCUT2D eigenvalue weighted by molar-refractivity contribution is 8.13. The fraction of sp³-hybridized carbons (Fsp3) is 0.333. The van der Waals surface area contributed by atoms with E-state index in [1.165, 1.54) is 0 Å². The maximum absolute atomic E-state index is 11.0. The molecular formula is C9H11ClO3S. The van der Waals surface area contributed by atoms with Gasteiger partial charge in [-0.2, -0.15) is 0 Å². The SMILES string of the molecule is COc1ccc(C(C)S(=O)(=O)Cl)cc1. The molecule has 0 radical (unpaired) electrons. The molecule has 0 aromatic heterocycles. The molecule has 1 unspecified atom stereocenters. The van der Waals surface area contributed by atoms with Gasteiger partial charge in [0.1, 0.15) is 5.75 Å². The van der Waals surface area contributed by atoms with E-state index >= 15 is 0 Å². The predicted octanol–water partition coefficient (Wildman–Crippen LogP) is 2.32. The van der Waals surface area contributed by atoms with Gasteiger partial charge in [-0.15, -0.1) is 0 Å². The quantitative estimate of drug-likeness (QED) is 0.754. The van der Waals surface area contributed by atoms with Gasteiger partial charge in [-0.3, -0.25) is 0 Å². The molecule has 0 N–H and O–H groups in total. The van der Waals surface area contributed by atoms with Gasteiger partial charge in [-0.25, -0.2) is 8.42 Å². The van der Waals surface area contributed by atoms with Crippen molar-refractivity contribution in [2.24, 2.45) is 0 Å². The maximum atomic E-state index is 11.0. The lowest BCUT2D eigenvalue weighted by atomic mass is 10.2. The summed E-state index contributed by atoms with van der Waals surface area (Å²) < 4.78 is 27.0. The summed E-state index contributed by atoms with van der Waals surface area (Å²) in [6.45, 7) is 1.55. The molecule has 1 atom stereocenters. The maximum Gasteiger partial charge on any atom is 0.239 e. The Labute approximate surface area is 88.1 Å². The molecule has 78 valence electrons. The van der Waals surface area contributed by atoms with Crippen LogP contribution in [0, 0.1) is 0 Å². The molecule has 0 fully saturated rings. The van der Waals surface area contributed by atoms with E-state index in [0.717, 1.165) is 0 Å². The molecule has 1 aromatic carbocycles. The van der Waals surface area contributed by atoms with Crippen LogP contribution in [0.15, 0.2) is 24.3 Å². The van der Waals surface area contributed by atoms with Gasteiger partial charge in [0.25, 0.3) is 0 Å². The van der Waals surface area contributed by atoms with Crippen LogP contribution in [0.3, 0.4) is 0 Å². The monoisotopic (exact) mass is 234 g/mol. The number of methoxy groups -OCH3 is 1. The molecular weight excluding hydrogens is 224 g/mol. The van der Waals surface area contributed by atoms with Crippen molar-refractivity contribution in [3.05, 3.63) is 29.8 Å². The molecule has 0 saturated heterocycles. The van der Waals surface area contributed by atoms with Gasteiger partial charge in [-0.05, 0) is 24.6 Å². The van der Waals surface area contributed by atoms with Gasteiger partial charge in [0, 0.05) is 10.7 Å². The Kier molecular flexibility index (Phi) is 3.39. The summed E-state index contributed by atoms with van der Waals surface area (Å²) in [6.07, 6.45) is 0. The summed E-state index contributed by atoms with van der Waals surface area (Å²) in [6, 6.07) is 6.77. The Hall–Kier alpha value is -0.740. The van der Waals surface area contributed by atoms with E-state index in [1.807, 2.05) is 0 Å². The molecule has 0 aliphatic carbocycles. The summed E-state index contributed by atoms with van der Waals surface area (Å²) in [5.74, 6) is 0.688. The first-order valence-corrected chi connectivity index (χ1v) is 6.40. The van der Waals surface area contributed by atoms with Gasteiger partial charge in [0.2, 0.25) is 9.05 Å². The van der Waals surface area contributed by atoms with Crippen molar-refractivity contribution >= 4 is 19.7 Å². The van der Waals surface area contributed by atoms with E-state index in [-0.39, 0.29) is 0 Å². The van der Waals surface area contributed by atoms with E-state index in [4.69, 9.17) is 15.4 Å². The Bertz CT molecular complexity index is 397. The molecule has 0 spiro atoms. The van der Waals surface area contributed by atoms with Crippen LogP contribution in [0.2, 0.25) is 0 Å². The van der Waals surface area contributed by atoms with Gasteiger partial charge in [0.05, 0.1) is 12.4 Å². The molecule has 0 bridgehead atoms. The normalized spacial score (nSPS) is 13.6. The van der Waals surface area contributed by atoms with E-state index in [2.05, 4.69) is 0 Å². The topological polar surface area (TPSA) is 43.4 Å². The van der Waals surface area contributed by atoms with Crippen LogP contribution >= 0.6 is 10.7 Å². The van der Waals surface area contributed by atoms with Gasteiger partial charge in [-0.1, -0.05) is 12.1 Å². The first-order valence-electron chi connectivity index (χ1n) is 4.02. The molecule has 14 heavy (non-hydrogen) atoms. The highest BCUT2D eigenvalue weighted by Crippen LogP contribution is 2.26. The fourth-order valence-electron chi connectivity index (χ4n) is 1.04. The molecule has 0 aliphatic heterocycles. The molecule has 1 rings (SSSR count). The first kappa shape index (κ1) is 11.3. The summed E-state index contributed by atoms with van der Waals surface area (Å²) in [7, 11) is 3.24. The minimum atomic E-state index is -3.54. The average Bonchev–Trinajstić information content (AvgIpc) is 2.15. The van der Waals surface area contributed by atoms with Crippen molar-refractivity contribution in [3.63, 3.8) is 0 Å². The standard InChI is InChI=1S/C9H11ClO3S/c1-7(14(10,11)12)8-3-5-9(13-2)6-4-8/h3-7H,1-2H3. The third kappa shape index (κ3) is 2.62. The molecule has 1 aromatic rings. The summed E-state index contributed by atoms with van der Waals surface area (Å²) >= 11 is 0. The zero-order valence-electron chi connectivity index (χ0n) is 7.90. The number of hydrogen-bond acceptors (Lipinski definition) is 3. The highest BCUT2D eigenvalue weighted by Gasteiger charge is 2.19. The second-order valence-corrected chi connectivity index (χ2v) is 5.84. The minimum Gasteiger partial charge on any atom is -0.497 e. The number of rotatable bonds is 3. The summed E-state index contributed by atoms with van der Waals surface area (Å²) in [5.41, 5.74) is 0.654. The van der Waals surface area contributed by atoms with E-state index in [0.29, 0.717) is 11.3 Å². The largest absolute Gasteiger partial charge is 0.497 e. The van der Waals surface area contributed by atoms with Gasteiger partial charge < -0.3 is 4.74 Å². The smallest absolute Gasteiger partial charge is 0.239 e. The zero-order valence-corrected chi connectivity index (χ0v) is 9.47. The third-order valence-electron chi connectivity index (χ3n) is 2.01. The van der Waals surface area contributed by atoms with Crippen molar-refractivity contribution in [2.75, 3.05) is 7.11 Å². The minimum absolute atomic E-state index is 0.654. The van der Waals surface area contributed by atoms with Crippen LogP contribution in [0.1, 0.15) is 17.7 Å². The third-order valence-corrected chi connectivity index (χ3v) is 3.93. The molecule has 0 amide bonds. The van der Waals surface area contributed by atoms with E-state index in [1.54, 1.807) is 38.3 Å². The van der Waals surface area contributed by atoms with Gasteiger partial charge >= 0.3 is 0 Å². The van der Waals surface area contributed by atoms with Crippen LogP contribution in [-0.4, -0.2) is 15.5 Å². The molecule has 0 saturated carbocycles. The average molecular weight is 235 g/mol. The van der Waals surface area contributed by atoms with Crippen LogP contribution in [0.25, 0.3) is 0 Å². The molecule has 3 nitrogen and oxygen atoms in total. The summed E-state index contributed by atoms with van der Waals surface area (Å²) in [5, 5.41) is -0.699. The van der Waals surface area contributed by atoms with Crippen molar-refractivity contribution in [1.29, 1.82) is 0 Å². The lowest BCUT2D eigenvalue weighted by molar-refractivity contribution is 0.414. The van der Waals surface area contributed by atoms with Crippen LogP contribution < -0.4 is 4.74 Å². The number of ether oxygens (including phenoxy) is 1. The van der Waals surface area contributed by atoms with Gasteiger partial charge in [0.15, 0.2) is 0 Å². The lowest BCUT2D eigenvalue weighted by Crippen LogP contribution is -2.02. The highest BCUT2D eigenvalue weighted by atomic mass is 35.7. The van der Waals surface area contributed by atoms with E-state index in [9.17, 15) is 8.42 Å². The van der Waals surface area contributed by atoms with Crippen molar-refractivity contribution in [3.8, 4) is 5.75 Å². The van der Waals surface area contributed by atoms with E-state index < -0.39 is 14.3 Å². The Morgan fingerprint density at radius 3 is 2.14 bits per heavy atom. The lowest BCUT2D eigenvalue weighted by Gasteiger charge is -2.08. The summed E-state index contributed by atoms with van der Waals surface area (Å²) in [4.78, 5) is 0. The zero-order chi connectivity index (χ0) is 10.8. The first-order chi connectivity index (χ1) is 6.45. The molecule has 0 aliphatic rings. The second kappa shape index (κ2) is 4.19. The number of benzene rings is 1. The fourth-order valence-corrected chi connectivity index (χ4v) is 1.83. The Morgan fingerprint density at radius 1 is 1.29 bits per heavy atom. The van der Waals surface area contributed by atoms with Crippen LogP contribution in [-0.2, 0) is 9.05 Å². The predicted molar refractivity (Wildman–Crippen MR) is 56.2 cm³/mol. The van der Waals surface area contributed by atoms with Crippen LogP contribution in [0.4, 0.5) is 0 Å². The number of halogens is 1. The van der Waals surface area contributed by atoms with Crippen LogP contribution in [0.5, 0.6) is 5.75 Å². The number of hydrogen-bond donors (Lipinski definition) is 0. The molecule has 0 heterocycles. The Morgan fingerprint density at radius 2 is 1.79 bits per heavy atom. The van der Waals surface area contributed by atoms with Crippen molar-refractivity contribution < 1.29 is 13.2 Å². The van der Waals surface area contributed by atoms with Crippen molar-refractivity contribution in [1.82, 2.24) is 0 Å². The second-order valence-electron chi connectivity index (χ2n) is 2.89. The van der Waals surface area contributed by atoms with Crippen molar-refractivity contribution in [2.45, 2.75) is 12.2 Å². The Balaban J connectivity index is 2.98.